The number of rotatable bonds is 4. The lowest BCUT2D eigenvalue weighted by molar-refractivity contribution is -0.139. The predicted molar refractivity (Wildman–Crippen MR) is 88.3 cm³/mol. The van der Waals surface area contributed by atoms with E-state index in [1.807, 2.05) is 6.07 Å². The van der Waals surface area contributed by atoms with Crippen LogP contribution in [0, 0.1) is 0 Å². The molecule has 1 aromatic rings. The van der Waals surface area contributed by atoms with Gasteiger partial charge in [0.25, 0.3) is 11.8 Å². The first-order chi connectivity index (χ1) is 12.0. The lowest BCUT2D eigenvalue weighted by Gasteiger charge is -2.37. The lowest BCUT2D eigenvalue weighted by Crippen LogP contribution is -2.56. The summed E-state index contributed by atoms with van der Waals surface area (Å²) in [5, 5.41) is 2.75. The number of imide groups is 1. The number of ether oxygens (including phenoxy) is 2. The van der Waals surface area contributed by atoms with E-state index in [0.717, 1.165) is 4.90 Å². The molecule has 134 valence electrons. The molecule has 1 N–H and O–H groups in total. The molecule has 0 aromatic heterocycles. The van der Waals surface area contributed by atoms with Crippen LogP contribution in [0.25, 0.3) is 0 Å². The van der Waals surface area contributed by atoms with Crippen molar-refractivity contribution < 1.29 is 23.9 Å². The van der Waals surface area contributed by atoms with Gasteiger partial charge in [-0.3, -0.25) is 14.5 Å². The molecule has 1 aromatic carbocycles. The molecule has 3 rings (SSSR count). The summed E-state index contributed by atoms with van der Waals surface area (Å²) in [5.41, 5.74) is -0.869. The molecule has 2 saturated heterocycles. The van der Waals surface area contributed by atoms with Gasteiger partial charge in [-0.15, -0.1) is 0 Å². The Morgan fingerprint density at radius 3 is 2.40 bits per heavy atom. The van der Waals surface area contributed by atoms with E-state index in [2.05, 4.69) is 5.32 Å². The molecule has 2 aliphatic rings. The number of benzene rings is 1. The van der Waals surface area contributed by atoms with Gasteiger partial charge in [0.2, 0.25) is 0 Å². The third-order valence-electron chi connectivity index (χ3n) is 4.75. The topological polar surface area (TPSA) is 88.2 Å². The van der Waals surface area contributed by atoms with E-state index in [1.54, 1.807) is 23.1 Å². The van der Waals surface area contributed by atoms with Gasteiger partial charge in [-0.25, -0.2) is 4.79 Å². The fourth-order valence-corrected chi connectivity index (χ4v) is 3.20. The molecule has 0 aliphatic carbocycles. The molecule has 0 atom stereocenters. The van der Waals surface area contributed by atoms with E-state index in [0.29, 0.717) is 37.4 Å². The van der Waals surface area contributed by atoms with Crippen LogP contribution in [0.1, 0.15) is 12.8 Å². The maximum Gasteiger partial charge on any atom is 0.324 e. The Hall–Kier alpha value is -2.77. The summed E-state index contributed by atoms with van der Waals surface area (Å²) in [6.45, 7) is 0.690. The van der Waals surface area contributed by atoms with Crippen molar-refractivity contribution in [1.29, 1.82) is 0 Å². The summed E-state index contributed by atoms with van der Waals surface area (Å²) in [6, 6.07) is 6.73. The highest BCUT2D eigenvalue weighted by Crippen LogP contribution is 2.29. The van der Waals surface area contributed by atoms with Crippen molar-refractivity contribution in [3.05, 3.63) is 24.3 Å². The fourth-order valence-electron chi connectivity index (χ4n) is 3.20. The normalized spacial score (nSPS) is 19.1. The number of piperidine rings is 1. The molecule has 4 amide bonds. The average molecular weight is 347 g/mol. The van der Waals surface area contributed by atoms with Crippen molar-refractivity contribution >= 4 is 17.8 Å². The molecule has 8 nitrogen and oxygen atoms in total. The number of hydrogen-bond acceptors (Lipinski definition) is 5. The molecule has 0 radical (unpaired) electrons. The van der Waals surface area contributed by atoms with E-state index < -0.39 is 5.54 Å². The maximum absolute atomic E-state index is 12.4. The van der Waals surface area contributed by atoms with Gasteiger partial charge >= 0.3 is 6.03 Å². The van der Waals surface area contributed by atoms with Gasteiger partial charge in [-0.1, -0.05) is 12.1 Å². The quantitative estimate of drug-likeness (QED) is 0.807. The largest absolute Gasteiger partial charge is 0.493 e. The first kappa shape index (κ1) is 17.1. The van der Waals surface area contributed by atoms with Crippen LogP contribution < -0.4 is 14.8 Å². The number of likely N-dealkylation sites (N-methyl/N-ethyl adjacent to an activating group) is 1. The number of para-hydroxylation sites is 2. The van der Waals surface area contributed by atoms with E-state index in [4.69, 9.17) is 9.47 Å². The van der Waals surface area contributed by atoms with E-state index in [-0.39, 0.29) is 24.5 Å². The zero-order valence-electron chi connectivity index (χ0n) is 14.3. The Bertz CT molecular complexity index is 697. The number of amides is 4. The van der Waals surface area contributed by atoms with Gasteiger partial charge in [0.05, 0.1) is 7.11 Å². The fraction of sp³-hybridized carbons (Fsp3) is 0.471. The van der Waals surface area contributed by atoms with Crippen molar-refractivity contribution in [3.8, 4) is 11.5 Å². The van der Waals surface area contributed by atoms with Crippen molar-refractivity contribution in [3.63, 3.8) is 0 Å². The molecule has 1 spiro atoms. The number of carbonyl (C=O) groups excluding carboxylic acids is 3. The second-order valence-electron chi connectivity index (χ2n) is 6.20. The number of methoxy groups -OCH3 is 1. The van der Waals surface area contributed by atoms with Gasteiger partial charge in [-0.05, 0) is 25.0 Å². The van der Waals surface area contributed by atoms with Gasteiger partial charge in [0.15, 0.2) is 18.1 Å². The molecule has 2 aliphatic heterocycles. The molecular weight excluding hydrogens is 326 g/mol. The third kappa shape index (κ3) is 3.11. The van der Waals surface area contributed by atoms with E-state index >= 15 is 0 Å². The highest BCUT2D eigenvalue weighted by molar-refractivity contribution is 6.06. The molecule has 0 bridgehead atoms. The van der Waals surface area contributed by atoms with Crippen molar-refractivity contribution in [2.45, 2.75) is 18.4 Å². The van der Waals surface area contributed by atoms with Gasteiger partial charge in [0.1, 0.15) is 5.54 Å². The minimum Gasteiger partial charge on any atom is -0.493 e. The van der Waals surface area contributed by atoms with E-state index in [9.17, 15) is 14.4 Å². The summed E-state index contributed by atoms with van der Waals surface area (Å²) >= 11 is 0. The summed E-state index contributed by atoms with van der Waals surface area (Å²) < 4.78 is 10.7. The lowest BCUT2D eigenvalue weighted by atomic mass is 9.87. The average Bonchev–Trinajstić information content (AvgIpc) is 2.84. The monoisotopic (exact) mass is 347 g/mol. The smallest absolute Gasteiger partial charge is 0.324 e. The second kappa shape index (κ2) is 6.62. The first-order valence-corrected chi connectivity index (χ1v) is 8.11. The molecular formula is C17H21N3O5. The number of nitrogens with zero attached hydrogens (tertiary/aromatic N) is 2. The van der Waals surface area contributed by atoms with Gasteiger partial charge < -0.3 is 19.7 Å². The Morgan fingerprint density at radius 2 is 1.84 bits per heavy atom. The summed E-state index contributed by atoms with van der Waals surface area (Å²) in [6.07, 6.45) is 0.810. The Balaban J connectivity index is 1.55. The second-order valence-corrected chi connectivity index (χ2v) is 6.20. The van der Waals surface area contributed by atoms with Crippen LogP contribution in [0.5, 0.6) is 11.5 Å². The van der Waals surface area contributed by atoms with Crippen molar-refractivity contribution in [2.75, 3.05) is 33.9 Å². The zero-order chi connectivity index (χ0) is 18.0. The zero-order valence-corrected chi connectivity index (χ0v) is 14.3. The Labute approximate surface area is 145 Å². The Kier molecular flexibility index (Phi) is 4.52. The molecule has 2 heterocycles. The molecule has 25 heavy (non-hydrogen) atoms. The number of urea groups is 1. The van der Waals surface area contributed by atoms with Crippen LogP contribution in [-0.4, -0.2) is 67.0 Å². The maximum atomic E-state index is 12.4. The molecule has 0 saturated carbocycles. The highest BCUT2D eigenvalue weighted by Gasteiger charge is 2.51. The van der Waals surface area contributed by atoms with Crippen LogP contribution in [0.3, 0.4) is 0 Å². The van der Waals surface area contributed by atoms with Crippen molar-refractivity contribution in [2.24, 2.45) is 0 Å². The minimum atomic E-state index is -0.869. The van der Waals surface area contributed by atoms with Crippen LogP contribution in [-0.2, 0) is 9.59 Å². The highest BCUT2D eigenvalue weighted by atomic mass is 16.5. The summed E-state index contributed by atoms with van der Waals surface area (Å²) in [5.74, 6) is 0.683. The number of hydrogen-bond donors (Lipinski definition) is 1. The third-order valence-corrected chi connectivity index (χ3v) is 4.75. The molecule has 2 fully saturated rings. The van der Waals surface area contributed by atoms with Gasteiger partial charge in [0, 0.05) is 20.1 Å². The first-order valence-electron chi connectivity index (χ1n) is 8.11. The van der Waals surface area contributed by atoms with Crippen molar-refractivity contribution in [1.82, 2.24) is 15.1 Å². The van der Waals surface area contributed by atoms with Crippen LogP contribution in [0.2, 0.25) is 0 Å². The molecule has 8 heteroatoms. The standard InChI is InChI=1S/C17H21N3O5/c1-19-15(22)17(18-16(19)23)7-9-20(10-8-17)14(21)11-25-13-6-4-3-5-12(13)24-2/h3-6H,7-11H2,1-2H3,(H,18,23). The van der Waals surface area contributed by atoms with Gasteiger partial charge in [-0.2, -0.15) is 0 Å². The SMILES string of the molecule is COc1ccccc1OCC(=O)N1CCC2(CC1)NC(=O)N(C)C2=O. The molecule has 0 unspecified atom stereocenters. The number of nitrogens with one attached hydrogen (secondary N) is 1. The van der Waals surface area contributed by atoms with Crippen LogP contribution in [0.15, 0.2) is 24.3 Å². The predicted octanol–water partition coefficient (Wildman–Crippen LogP) is 0.617. The van der Waals surface area contributed by atoms with Crippen LogP contribution >= 0.6 is 0 Å². The Morgan fingerprint density at radius 1 is 1.20 bits per heavy atom. The summed E-state index contributed by atoms with van der Waals surface area (Å²) in [7, 11) is 3.00. The van der Waals surface area contributed by atoms with Crippen LogP contribution in [0.4, 0.5) is 4.79 Å². The minimum absolute atomic E-state index is 0.104. The number of likely N-dealkylation sites (tertiary alicyclic amines) is 1. The summed E-state index contributed by atoms with van der Waals surface area (Å²) in [4.78, 5) is 39.0. The van der Waals surface area contributed by atoms with E-state index in [1.165, 1.54) is 14.2 Å². The number of carbonyl (C=O) groups is 3.